The number of anilines is 2. The lowest BCUT2D eigenvalue weighted by atomic mass is 10.1. The minimum absolute atomic E-state index is 0.252. The molecule has 0 aliphatic heterocycles. The molecule has 0 aliphatic carbocycles. The van der Waals surface area contributed by atoms with Crippen molar-refractivity contribution >= 4 is 23.3 Å². The van der Waals surface area contributed by atoms with Crippen LogP contribution >= 0.6 is 0 Å². The lowest BCUT2D eigenvalue weighted by Crippen LogP contribution is -2.01. The van der Waals surface area contributed by atoms with Crippen molar-refractivity contribution in [1.82, 2.24) is 0 Å². The molecule has 0 unspecified atom stereocenters. The molecule has 0 aromatic heterocycles. The van der Waals surface area contributed by atoms with Gasteiger partial charge >= 0.3 is 11.9 Å². The Bertz CT molecular complexity index is 621. The molecular weight excluding hydrogens is 276 g/mol. The number of aromatic carboxylic acids is 2. The molecule has 0 fully saturated rings. The Labute approximate surface area is 120 Å². The van der Waals surface area contributed by atoms with Gasteiger partial charge in [-0.15, -0.1) is 0 Å². The van der Waals surface area contributed by atoms with Crippen LogP contribution in [0.5, 0.6) is 5.75 Å². The zero-order valence-electron chi connectivity index (χ0n) is 10.9. The molecule has 2 rings (SSSR count). The summed E-state index contributed by atoms with van der Waals surface area (Å²) < 4.78 is 0. The molecule has 0 spiro atoms. The van der Waals surface area contributed by atoms with Crippen molar-refractivity contribution in [3.63, 3.8) is 0 Å². The number of phenolic OH excluding ortho intramolecular Hbond substituents is 1. The number of hydrogen-bond donors (Lipinski definition) is 5. The van der Waals surface area contributed by atoms with E-state index in [1.165, 1.54) is 0 Å². The lowest BCUT2D eigenvalue weighted by molar-refractivity contribution is 0.0696. The molecule has 2 aromatic rings. The smallest absolute Gasteiger partial charge is 0.335 e. The fourth-order valence-electron chi connectivity index (χ4n) is 1.42. The number of phenols is 1. The van der Waals surface area contributed by atoms with E-state index < -0.39 is 11.9 Å². The molecule has 0 amide bonds. The number of benzene rings is 2. The molecule has 0 bridgehead atoms. The summed E-state index contributed by atoms with van der Waals surface area (Å²) in [6.45, 7) is 0. The number of carbonyl (C=O) groups is 2. The van der Waals surface area contributed by atoms with Crippen LogP contribution in [0.3, 0.4) is 0 Å². The van der Waals surface area contributed by atoms with Gasteiger partial charge in [0.2, 0.25) is 0 Å². The maximum absolute atomic E-state index is 10.4. The van der Waals surface area contributed by atoms with Gasteiger partial charge in [0.1, 0.15) is 5.75 Å². The summed E-state index contributed by atoms with van der Waals surface area (Å²) in [5.41, 5.74) is 11.7. The second-order valence-corrected chi connectivity index (χ2v) is 4.05. The molecule has 110 valence electrons. The predicted molar refractivity (Wildman–Crippen MR) is 77.3 cm³/mol. The van der Waals surface area contributed by atoms with Gasteiger partial charge in [-0.1, -0.05) is 6.07 Å². The Kier molecular flexibility index (Phi) is 5.13. The minimum Gasteiger partial charge on any atom is -0.508 e. The predicted octanol–water partition coefficient (Wildman–Crippen LogP) is 1.64. The highest BCUT2D eigenvalue weighted by molar-refractivity contribution is 5.94. The fourth-order valence-corrected chi connectivity index (χ4v) is 1.42. The van der Waals surface area contributed by atoms with Gasteiger partial charge in [0.25, 0.3) is 0 Å². The first-order valence-electron chi connectivity index (χ1n) is 5.71. The van der Waals surface area contributed by atoms with Crippen molar-refractivity contribution in [3.8, 4) is 5.75 Å². The van der Waals surface area contributed by atoms with Gasteiger partial charge in [-0.25, -0.2) is 9.59 Å². The Morgan fingerprint density at radius 2 is 1.24 bits per heavy atom. The molecule has 21 heavy (non-hydrogen) atoms. The average Bonchev–Trinajstić information content (AvgIpc) is 2.38. The van der Waals surface area contributed by atoms with Gasteiger partial charge in [0, 0.05) is 11.4 Å². The maximum atomic E-state index is 10.4. The summed E-state index contributed by atoms with van der Waals surface area (Å²) in [4.78, 5) is 20.8. The summed E-state index contributed by atoms with van der Waals surface area (Å²) in [7, 11) is 0. The van der Waals surface area contributed by atoms with E-state index in [0.29, 0.717) is 11.4 Å². The number of rotatable bonds is 2. The van der Waals surface area contributed by atoms with E-state index >= 15 is 0 Å². The van der Waals surface area contributed by atoms with Crippen molar-refractivity contribution in [2.45, 2.75) is 0 Å². The number of hydrogen-bond acceptors (Lipinski definition) is 5. The van der Waals surface area contributed by atoms with Crippen LogP contribution in [-0.4, -0.2) is 27.3 Å². The Morgan fingerprint density at radius 3 is 1.52 bits per heavy atom. The highest BCUT2D eigenvalue weighted by Gasteiger charge is 2.10. The van der Waals surface area contributed by atoms with Crippen LogP contribution in [0.2, 0.25) is 0 Å². The van der Waals surface area contributed by atoms with E-state index in [4.69, 9.17) is 26.8 Å². The first-order chi connectivity index (χ1) is 9.79. The second-order valence-electron chi connectivity index (χ2n) is 4.05. The number of aromatic hydroxyl groups is 1. The maximum Gasteiger partial charge on any atom is 0.335 e. The van der Waals surface area contributed by atoms with Crippen LogP contribution < -0.4 is 11.5 Å². The normalized spacial score (nSPS) is 9.33. The van der Waals surface area contributed by atoms with Crippen LogP contribution in [-0.2, 0) is 0 Å². The van der Waals surface area contributed by atoms with Crippen molar-refractivity contribution in [3.05, 3.63) is 53.6 Å². The Hall–Kier alpha value is -3.22. The van der Waals surface area contributed by atoms with E-state index in [2.05, 4.69) is 0 Å². The molecular formula is C14H14N2O5. The van der Waals surface area contributed by atoms with Gasteiger partial charge in [0.15, 0.2) is 0 Å². The average molecular weight is 290 g/mol. The molecule has 0 saturated heterocycles. The van der Waals surface area contributed by atoms with Crippen molar-refractivity contribution in [2.24, 2.45) is 0 Å². The van der Waals surface area contributed by atoms with E-state index in [0.717, 1.165) is 18.2 Å². The van der Waals surface area contributed by atoms with Crippen molar-refractivity contribution < 1.29 is 24.9 Å². The number of nitrogen functional groups attached to an aromatic ring is 2. The molecule has 0 atom stereocenters. The largest absolute Gasteiger partial charge is 0.508 e. The first-order valence-corrected chi connectivity index (χ1v) is 5.71. The highest BCUT2D eigenvalue weighted by atomic mass is 16.4. The minimum atomic E-state index is -1.28. The topological polar surface area (TPSA) is 147 Å². The molecule has 0 radical (unpaired) electrons. The highest BCUT2D eigenvalue weighted by Crippen LogP contribution is 2.15. The molecule has 0 heterocycles. The summed E-state index contributed by atoms with van der Waals surface area (Å²) >= 11 is 0. The van der Waals surface area contributed by atoms with E-state index in [9.17, 15) is 9.59 Å². The van der Waals surface area contributed by atoms with Crippen LogP contribution in [0.15, 0.2) is 42.5 Å². The lowest BCUT2D eigenvalue weighted by Gasteiger charge is -1.98. The van der Waals surface area contributed by atoms with Crippen molar-refractivity contribution in [1.29, 1.82) is 0 Å². The Balaban J connectivity index is 0.000000235. The molecule has 0 saturated carbocycles. The van der Waals surface area contributed by atoms with E-state index in [1.807, 2.05) is 6.07 Å². The molecule has 7 heteroatoms. The zero-order chi connectivity index (χ0) is 16.0. The van der Waals surface area contributed by atoms with Gasteiger partial charge in [-0.2, -0.15) is 0 Å². The molecule has 7 nitrogen and oxygen atoms in total. The standard InChI is InChI=1S/C8H6O5.C6H8N2/c9-6-2-4(7(10)11)1-5(3-6)8(12)13;7-5-2-1-3-6(8)4-5/h1-3,9H,(H,10,11)(H,12,13);1-4H,7-8H2. The van der Waals surface area contributed by atoms with Gasteiger partial charge < -0.3 is 26.8 Å². The van der Waals surface area contributed by atoms with E-state index in [-0.39, 0.29) is 16.9 Å². The van der Waals surface area contributed by atoms with Gasteiger partial charge in [-0.05, 0) is 36.4 Å². The third kappa shape index (κ3) is 5.11. The summed E-state index contributed by atoms with van der Waals surface area (Å²) in [6.07, 6.45) is 0. The number of carboxylic acids is 2. The zero-order valence-corrected chi connectivity index (χ0v) is 10.9. The monoisotopic (exact) mass is 290 g/mol. The van der Waals surface area contributed by atoms with Crippen LogP contribution in [0.1, 0.15) is 20.7 Å². The SMILES string of the molecule is Nc1cccc(N)c1.O=C(O)c1cc(O)cc(C(=O)O)c1. The van der Waals surface area contributed by atoms with Crippen LogP contribution in [0, 0.1) is 0 Å². The molecule has 7 N–H and O–H groups in total. The summed E-state index contributed by atoms with van der Waals surface area (Å²) in [6, 6.07) is 10.1. The molecule has 2 aromatic carbocycles. The van der Waals surface area contributed by atoms with Gasteiger partial charge in [-0.3, -0.25) is 0 Å². The summed E-state index contributed by atoms with van der Waals surface area (Å²) in [5, 5.41) is 26.0. The van der Waals surface area contributed by atoms with Crippen LogP contribution in [0.4, 0.5) is 11.4 Å². The first kappa shape index (κ1) is 15.8. The van der Waals surface area contributed by atoms with Crippen molar-refractivity contribution in [2.75, 3.05) is 11.5 Å². The Morgan fingerprint density at radius 1 is 0.810 bits per heavy atom. The third-order valence-electron chi connectivity index (χ3n) is 2.32. The fraction of sp³-hybridized carbons (Fsp3) is 0. The second kappa shape index (κ2) is 6.80. The van der Waals surface area contributed by atoms with E-state index in [1.54, 1.807) is 18.2 Å². The quantitative estimate of drug-likeness (QED) is 0.528. The summed E-state index contributed by atoms with van der Waals surface area (Å²) in [5.74, 6) is -2.94. The molecule has 0 aliphatic rings. The third-order valence-corrected chi connectivity index (χ3v) is 2.32. The van der Waals surface area contributed by atoms with Crippen LogP contribution in [0.25, 0.3) is 0 Å². The number of carboxylic acid groups (broad SMARTS) is 2. The number of nitrogens with two attached hydrogens (primary N) is 2. The van der Waals surface area contributed by atoms with Gasteiger partial charge in [0.05, 0.1) is 11.1 Å².